The second-order valence-electron chi connectivity index (χ2n) is 8.37. The number of carbonyl (C=O) groups is 2. The Labute approximate surface area is 157 Å². The average Bonchev–Trinajstić information content (AvgIpc) is 3.32. The van der Waals surface area contributed by atoms with Crippen LogP contribution in [0, 0.1) is 11.3 Å². The van der Waals surface area contributed by atoms with Crippen LogP contribution in [0.25, 0.3) is 0 Å². The van der Waals surface area contributed by atoms with Crippen molar-refractivity contribution in [2.75, 3.05) is 18.4 Å². The number of fused-ring (bicyclic) bond motifs is 1. The SMILES string of the molecule is NC(=O)CN1CCc2ccc(NC(=O)C3CC34CCC(F)(F)CC4)cc2C1. The first-order chi connectivity index (χ1) is 12.8. The van der Waals surface area contributed by atoms with Gasteiger partial charge in [-0.25, -0.2) is 8.78 Å². The first kappa shape index (κ1) is 18.3. The van der Waals surface area contributed by atoms with Crippen molar-refractivity contribution < 1.29 is 18.4 Å². The van der Waals surface area contributed by atoms with Crippen molar-refractivity contribution in [3.05, 3.63) is 29.3 Å². The first-order valence-corrected chi connectivity index (χ1v) is 9.58. The van der Waals surface area contributed by atoms with Gasteiger partial charge in [-0.3, -0.25) is 14.5 Å². The highest BCUT2D eigenvalue weighted by atomic mass is 19.3. The Kier molecular flexibility index (Phi) is 4.45. The molecule has 3 aliphatic rings. The molecular formula is C20H25F2N3O2. The zero-order valence-corrected chi connectivity index (χ0v) is 15.3. The minimum atomic E-state index is -2.57. The molecule has 1 spiro atoms. The molecule has 1 aromatic carbocycles. The van der Waals surface area contributed by atoms with Crippen LogP contribution in [0.3, 0.4) is 0 Å². The van der Waals surface area contributed by atoms with Crippen LogP contribution in [-0.2, 0) is 22.6 Å². The second-order valence-corrected chi connectivity index (χ2v) is 8.37. The number of carbonyl (C=O) groups excluding carboxylic acids is 2. The van der Waals surface area contributed by atoms with Gasteiger partial charge in [-0.2, -0.15) is 0 Å². The number of alkyl halides is 2. The zero-order valence-electron chi connectivity index (χ0n) is 15.3. The van der Waals surface area contributed by atoms with Crippen LogP contribution in [-0.4, -0.2) is 35.7 Å². The van der Waals surface area contributed by atoms with E-state index < -0.39 is 5.92 Å². The van der Waals surface area contributed by atoms with Gasteiger partial charge in [0.1, 0.15) is 0 Å². The number of hydrogen-bond donors (Lipinski definition) is 2. The predicted molar refractivity (Wildman–Crippen MR) is 97.2 cm³/mol. The van der Waals surface area contributed by atoms with E-state index in [-0.39, 0.29) is 42.5 Å². The lowest BCUT2D eigenvalue weighted by Gasteiger charge is -2.29. The van der Waals surface area contributed by atoms with E-state index in [4.69, 9.17) is 5.73 Å². The number of rotatable bonds is 4. The van der Waals surface area contributed by atoms with Gasteiger partial charge in [0.15, 0.2) is 0 Å². The van der Waals surface area contributed by atoms with Gasteiger partial charge in [0.2, 0.25) is 17.7 Å². The number of benzene rings is 1. The fourth-order valence-corrected chi connectivity index (χ4v) is 4.66. The summed E-state index contributed by atoms with van der Waals surface area (Å²) in [6.45, 7) is 1.65. The van der Waals surface area contributed by atoms with E-state index in [0.29, 0.717) is 25.8 Å². The van der Waals surface area contributed by atoms with E-state index in [9.17, 15) is 18.4 Å². The highest BCUT2D eigenvalue weighted by Gasteiger charge is 2.60. The summed E-state index contributed by atoms with van der Waals surface area (Å²) in [6.07, 6.45) is 2.22. The van der Waals surface area contributed by atoms with E-state index in [1.165, 1.54) is 5.56 Å². The van der Waals surface area contributed by atoms with Crippen molar-refractivity contribution in [3.63, 3.8) is 0 Å². The van der Waals surface area contributed by atoms with Gasteiger partial charge in [-0.15, -0.1) is 0 Å². The van der Waals surface area contributed by atoms with Crippen molar-refractivity contribution >= 4 is 17.5 Å². The summed E-state index contributed by atoms with van der Waals surface area (Å²) in [5, 5.41) is 2.97. The number of amides is 2. The molecule has 27 heavy (non-hydrogen) atoms. The molecule has 0 aromatic heterocycles. The lowest BCUT2D eigenvalue weighted by atomic mass is 9.82. The quantitative estimate of drug-likeness (QED) is 0.847. The maximum Gasteiger partial charge on any atom is 0.248 e. The van der Waals surface area contributed by atoms with E-state index in [0.717, 1.165) is 24.2 Å². The third kappa shape index (κ3) is 3.83. The molecule has 0 bridgehead atoms. The molecule has 1 aromatic rings. The maximum atomic E-state index is 13.4. The molecule has 3 N–H and O–H groups in total. The van der Waals surface area contributed by atoms with Gasteiger partial charge in [0, 0.05) is 37.5 Å². The maximum absolute atomic E-state index is 13.4. The molecule has 7 heteroatoms. The lowest BCUT2D eigenvalue weighted by Crippen LogP contribution is -2.37. The molecule has 2 saturated carbocycles. The Morgan fingerprint density at radius 3 is 2.63 bits per heavy atom. The van der Waals surface area contributed by atoms with Crippen LogP contribution in [0.15, 0.2) is 18.2 Å². The van der Waals surface area contributed by atoms with Crippen LogP contribution < -0.4 is 11.1 Å². The van der Waals surface area contributed by atoms with Gasteiger partial charge < -0.3 is 11.1 Å². The summed E-state index contributed by atoms with van der Waals surface area (Å²) in [4.78, 5) is 25.7. The van der Waals surface area contributed by atoms with Crippen molar-refractivity contribution in [1.29, 1.82) is 0 Å². The minimum Gasteiger partial charge on any atom is -0.369 e. The number of halogens is 2. The van der Waals surface area contributed by atoms with Crippen LogP contribution in [0.4, 0.5) is 14.5 Å². The van der Waals surface area contributed by atoms with Crippen molar-refractivity contribution in [2.24, 2.45) is 17.1 Å². The monoisotopic (exact) mass is 377 g/mol. The zero-order chi connectivity index (χ0) is 19.2. The number of hydrogen-bond acceptors (Lipinski definition) is 3. The molecule has 1 unspecified atom stereocenters. The largest absolute Gasteiger partial charge is 0.369 e. The third-order valence-electron chi connectivity index (χ3n) is 6.43. The first-order valence-electron chi connectivity index (χ1n) is 9.58. The predicted octanol–water partition coefficient (Wildman–Crippen LogP) is 2.68. The summed E-state index contributed by atoms with van der Waals surface area (Å²) in [6, 6.07) is 5.85. The summed E-state index contributed by atoms with van der Waals surface area (Å²) in [5.74, 6) is -3.13. The standard InChI is InChI=1S/C20H25F2N3O2/c21-20(22)6-4-19(5-7-20)10-16(19)18(27)24-15-2-1-13-3-8-25(12-17(23)26)11-14(13)9-15/h1-2,9,16H,3-8,10-12H2,(H2,23,26)(H,24,27). The van der Waals surface area contributed by atoms with Gasteiger partial charge in [-0.1, -0.05) is 6.07 Å². The normalized spacial score (nSPS) is 25.6. The highest BCUT2D eigenvalue weighted by molar-refractivity contribution is 5.95. The fourth-order valence-electron chi connectivity index (χ4n) is 4.66. The molecule has 1 heterocycles. The molecule has 4 rings (SSSR count). The van der Waals surface area contributed by atoms with Gasteiger partial charge in [0.25, 0.3) is 0 Å². The Morgan fingerprint density at radius 2 is 1.93 bits per heavy atom. The number of primary amides is 1. The molecule has 1 aliphatic heterocycles. The summed E-state index contributed by atoms with van der Waals surface area (Å²) in [7, 11) is 0. The van der Waals surface area contributed by atoms with Crippen LogP contribution in [0.1, 0.15) is 43.2 Å². The van der Waals surface area contributed by atoms with E-state index in [2.05, 4.69) is 5.32 Å². The lowest BCUT2D eigenvalue weighted by molar-refractivity contribution is -0.120. The minimum absolute atomic E-state index is 0.0648. The van der Waals surface area contributed by atoms with Crippen molar-refractivity contribution in [1.82, 2.24) is 4.90 Å². The Balaban J connectivity index is 1.38. The Bertz CT molecular complexity index is 770. The number of nitrogens with zero attached hydrogens (tertiary/aromatic N) is 1. The Hall–Kier alpha value is -2.02. The number of nitrogens with one attached hydrogen (secondary N) is 1. The molecule has 2 aliphatic carbocycles. The second kappa shape index (κ2) is 6.55. The summed E-state index contributed by atoms with van der Waals surface area (Å²) >= 11 is 0. The molecule has 2 amide bonds. The molecule has 0 radical (unpaired) electrons. The summed E-state index contributed by atoms with van der Waals surface area (Å²) in [5.41, 5.74) is 8.09. The van der Waals surface area contributed by atoms with Gasteiger partial charge >= 0.3 is 0 Å². The average molecular weight is 377 g/mol. The van der Waals surface area contributed by atoms with Gasteiger partial charge in [-0.05, 0) is 54.4 Å². The highest BCUT2D eigenvalue weighted by Crippen LogP contribution is 2.63. The molecule has 0 saturated heterocycles. The smallest absolute Gasteiger partial charge is 0.248 e. The van der Waals surface area contributed by atoms with Crippen molar-refractivity contribution in [3.8, 4) is 0 Å². The van der Waals surface area contributed by atoms with Crippen molar-refractivity contribution in [2.45, 2.75) is 51.0 Å². The molecular weight excluding hydrogens is 352 g/mol. The van der Waals surface area contributed by atoms with Gasteiger partial charge in [0.05, 0.1) is 6.54 Å². The summed E-state index contributed by atoms with van der Waals surface area (Å²) < 4.78 is 26.8. The molecule has 146 valence electrons. The van der Waals surface area contributed by atoms with Crippen LogP contribution >= 0.6 is 0 Å². The van der Waals surface area contributed by atoms with Crippen LogP contribution in [0.2, 0.25) is 0 Å². The van der Waals surface area contributed by atoms with E-state index in [1.54, 1.807) is 0 Å². The topological polar surface area (TPSA) is 75.4 Å². The van der Waals surface area contributed by atoms with Crippen LogP contribution in [0.5, 0.6) is 0 Å². The number of anilines is 1. The molecule has 1 atom stereocenters. The molecule has 2 fully saturated rings. The van der Waals surface area contributed by atoms with E-state index in [1.807, 2.05) is 23.1 Å². The molecule has 5 nitrogen and oxygen atoms in total. The number of nitrogens with two attached hydrogens (primary N) is 1. The van der Waals surface area contributed by atoms with E-state index >= 15 is 0 Å². The Morgan fingerprint density at radius 1 is 1.19 bits per heavy atom. The fraction of sp³-hybridized carbons (Fsp3) is 0.600. The third-order valence-corrected chi connectivity index (χ3v) is 6.43.